The van der Waals surface area contributed by atoms with Gasteiger partial charge in [0.05, 0.1) is 6.54 Å². The normalized spacial score (nSPS) is 9.31. The van der Waals surface area contributed by atoms with Gasteiger partial charge < -0.3 is 9.84 Å². The molecule has 0 spiro atoms. The minimum Gasteiger partial charge on any atom is -0.364 e. The zero-order valence-electron chi connectivity index (χ0n) is 6.61. The zero-order valence-corrected chi connectivity index (χ0v) is 6.61. The Morgan fingerprint density at radius 1 is 1.54 bits per heavy atom. The molecule has 70 valence electrons. The third-order valence-corrected chi connectivity index (χ3v) is 1.26. The summed E-state index contributed by atoms with van der Waals surface area (Å²) in [4.78, 5) is 21.4. The van der Waals surface area contributed by atoms with Gasteiger partial charge in [0.1, 0.15) is 12.0 Å². The quantitative estimate of drug-likeness (QED) is 0.219. The van der Waals surface area contributed by atoms with Crippen molar-refractivity contribution in [1.29, 1.82) is 0 Å². The first-order valence-electron chi connectivity index (χ1n) is 3.42. The monoisotopic (exact) mass is 184 g/mol. The summed E-state index contributed by atoms with van der Waals surface area (Å²) in [6.45, 7) is 0.128. The Morgan fingerprint density at radius 2 is 2.31 bits per heavy atom. The molecule has 0 aromatic carbocycles. The number of hydrogen-bond donors (Lipinski definition) is 3. The second kappa shape index (κ2) is 4.21. The molecule has 0 saturated heterocycles. The molecular weight excluding hydrogens is 176 g/mol. The minimum atomic E-state index is -0.900. The van der Waals surface area contributed by atoms with E-state index in [0.29, 0.717) is 5.69 Å². The first-order valence-corrected chi connectivity index (χ1v) is 3.42. The summed E-state index contributed by atoms with van der Waals surface area (Å²) >= 11 is 0. The summed E-state index contributed by atoms with van der Waals surface area (Å²) in [5.41, 5.74) is 2.23. The Morgan fingerprint density at radius 3 is 2.85 bits per heavy atom. The van der Waals surface area contributed by atoms with Crippen LogP contribution in [-0.2, 0) is 16.1 Å². The number of nitrogens with one attached hydrogen (secondary N) is 2. The first-order chi connectivity index (χ1) is 6.24. The molecule has 2 amide bonds. The van der Waals surface area contributed by atoms with Gasteiger partial charge >= 0.3 is 11.8 Å². The average molecular weight is 184 g/mol. The standard InChI is InChI=1S/C6H8N4O3/c7-9-6(12)5(11)8-3-4-1-2-13-10-4/h1-2H,3,7H2,(H,8,11)(H,9,12). The van der Waals surface area contributed by atoms with Crippen molar-refractivity contribution in [2.24, 2.45) is 5.84 Å². The average Bonchev–Trinajstić information content (AvgIpc) is 2.65. The van der Waals surface area contributed by atoms with Crippen LogP contribution in [-0.4, -0.2) is 17.0 Å². The van der Waals surface area contributed by atoms with E-state index in [-0.39, 0.29) is 6.54 Å². The van der Waals surface area contributed by atoms with Gasteiger partial charge in [0.15, 0.2) is 0 Å². The Labute approximate surface area is 73.2 Å². The van der Waals surface area contributed by atoms with Gasteiger partial charge in [-0.15, -0.1) is 0 Å². The Bertz CT molecular complexity index is 295. The van der Waals surface area contributed by atoms with E-state index in [9.17, 15) is 9.59 Å². The van der Waals surface area contributed by atoms with Crippen molar-refractivity contribution in [3.05, 3.63) is 18.0 Å². The fraction of sp³-hybridized carbons (Fsp3) is 0.167. The van der Waals surface area contributed by atoms with Gasteiger partial charge in [-0.05, 0) is 0 Å². The van der Waals surface area contributed by atoms with Gasteiger partial charge in [0, 0.05) is 6.07 Å². The first kappa shape index (κ1) is 9.20. The van der Waals surface area contributed by atoms with Crippen molar-refractivity contribution < 1.29 is 14.1 Å². The number of aromatic nitrogens is 1. The molecule has 0 atom stereocenters. The van der Waals surface area contributed by atoms with Crippen LogP contribution in [0.3, 0.4) is 0 Å². The molecule has 13 heavy (non-hydrogen) atoms. The van der Waals surface area contributed by atoms with Crippen molar-refractivity contribution in [2.45, 2.75) is 6.54 Å². The predicted octanol–water partition coefficient (Wildman–Crippen LogP) is -1.72. The molecule has 0 saturated carbocycles. The third kappa shape index (κ3) is 2.56. The van der Waals surface area contributed by atoms with E-state index in [0.717, 1.165) is 0 Å². The molecule has 0 bridgehead atoms. The molecule has 1 aromatic rings. The lowest BCUT2D eigenvalue weighted by molar-refractivity contribution is -0.139. The summed E-state index contributed by atoms with van der Waals surface area (Å²) in [6, 6.07) is 1.57. The molecule has 4 N–H and O–H groups in total. The number of carbonyl (C=O) groups excluding carboxylic acids is 2. The highest BCUT2D eigenvalue weighted by molar-refractivity contribution is 6.34. The number of hydrogen-bond acceptors (Lipinski definition) is 5. The number of nitrogens with zero attached hydrogens (tertiary/aromatic N) is 1. The van der Waals surface area contributed by atoms with E-state index < -0.39 is 11.8 Å². The van der Waals surface area contributed by atoms with Crippen LogP contribution < -0.4 is 16.6 Å². The Kier molecular flexibility index (Phi) is 2.98. The van der Waals surface area contributed by atoms with Crippen molar-refractivity contribution in [3.63, 3.8) is 0 Å². The molecule has 0 fully saturated rings. The molecule has 0 radical (unpaired) electrons. The maximum absolute atomic E-state index is 10.8. The van der Waals surface area contributed by atoms with E-state index >= 15 is 0 Å². The number of nitrogens with two attached hydrogens (primary N) is 1. The predicted molar refractivity (Wildman–Crippen MR) is 40.7 cm³/mol. The highest BCUT2D eigenvalue weighted by Crippen LogP contribution is 1.92. The highest BCUT2D eigenvalue weighted by atomic mass is 16.5. The number of hydrazine groups is 1. The summed E-state index contributed by atoms with van der Waals surface area (Å²) < 4.78 is 4.51. The van der Waals surface area contributed by atoms with Gasteiger partial charge in [-0.2, -0.15) is 0 Å². The lowest BCUT2D eigenvalue weighted by Crippen LogP contribution is -2.42. The van der Waals surface area contributed by atoms with E-state index in [4.69, 9.17) is 5.84 Å². The second-order valence-electron chi connectivity index (χ2n) is 2.15. The molecule has 0 aliphatic carbocycles. The molecule has 7 nitrogen and oxygen atoms in total. The molecular formula is C6H8N4O3. The zero-order chi connectivity index (χ0) is 9.68. The van der Waals surface area contributed by atoms with Crippen molar-refractivity contribution in [2.75, 3.05) is 0 Å². The molecule has 0 aliphatic rings. The fourth-order valence-corrected chi connectivity index (χ4v) is 0.645. The fourth-order valence-electron chi connectivity index (χ4n) is 0.645. The summed E-state index contributed by atoms with van der Waals surface area (Å²) in [5.74, 6) is 3.01. The van der Waals surface area contributed by atoms with Crippen LogP contribution in [0.25, 0.3) is 0 Å². The lowest BCUT2D eigenvalue weighted by atomic mass is 10.4. The van der Waals surface area contributed by atoms with Crippen molar-refractivity contribution in [1.82, 2.24) is 15.9 Å². The third-order valence-electron chi connectivity index (χ3n) is 1.26. The van der Waals surface area contributed by atoms with Gasteiger partial charge in [-0.1, -0.05) is 5.16 Å². The summed E-state index contributed by atoms with van der Waals surface area (Å²) in [7, 11) is 0. The maximum atomic E-state index is 10.8. The van der Waals surface area contributed by atoms with Gasteiger partial charge in [0.2, 0.25) is 0 Å². The maximum Gasteiger partial charge on any atom is 0.323 e. The topological polar surface area (TPSA) is 110 Å². The van der Waals surface area contributed by atoms with E-state index in [1.807, 2.05) is 0 Å². The van der Waals surface area contributed by atoms with Crippen molar-refractivity contribution in [3.8, 4) is 0 Å². The molecule has 0 aliphatic heterocycles. The van der Waals surface area contributed by atoms with E-state index in [2.05, 4.69) is 15.0 Å². The molecule has 1 heterocycles. The van der Waals surface area contributed by atoms with Crippen molar-refractivity contribution >= 4 is 11.8 Å². The lowest BCUT2D eigenvalue weighted by Gasteiger charge is -1.99. The van der Waals surface area contributed by atoms with E-state index in [1.165, 1.54) is 6.26 Å². The van der Waals surface area contributed by atoms with Crippen LogP contribution in [0, 0.1) is 0 Å². The van der Waals surface area contributed by atoms with Crippen LogP contribution >= 0.6 is 0 Å². The highest BCUT2D eigenvalue weighted by Gasteiger charge is 2.10. The van der Waals surface area contributed by atoms with Crippen LogP contribution in [0.15, 0.2) is 16.9 Å². The smallest absolute Gasteiger partial charge is 0.323 e. The Balaban J connectivity index is 2.35. The molecule has 1 aromatic heterocycles. The van der Waals surface area contributed by atoms with Crippen LogP contribution in [0.1, 0.15) is 5.69 Å². The molecule has 1 rings (SSSR count). The Hall–Kier alpha value is -1.89. The van der Waals surface area contributed by atoms with E-state index in [1.54, 1.807) is 11.5 Å². The van der Waals surface area contributed by atoms with Crippen LogP contribution in [0.5, 0.6) is 0 Å². The summed E-state index contributed by atoms with van der Waals surface area (Å²) in [5, 5.41) is 5.80. The van der Waals surface area contributed by atoms with Gasteiger partial charge in [-0.3, -0.25) is 15.0 Å². The number of amides is 2. The molecule has 7 heteroatoms. The number of rotatable bonds is 2. The second-order valence-corrected chi connectivity index (χ2v) is 2.15. The summed E-state index contributed by atoms with van der Waals surface area (Å²) in [6.07, 6.45) is 1.37. The minimum absolute atomic E-state index is 0.128. The SMILES string of the molecule is NNC(=O)C(=O)NCc1ccon1. The van der Waals surface area contributed by atoms with Gasteiger partial charge in [0.25, 0.3) is 0 Å². The van der Waals surface area contributed by atoms with Crippen LogP contribution in [0.2, 0.25) is 0 Å². The van der Waals surface area contributed by atoms with Crippen LogP contribution in [0.4, 0.5) is 0 Å². The van der Waals surface area contributed by atoms with Gasteiger partial charge in [-0.25, -0.2) is 5.84 Å². The molecule has 0 unspecified atom stereocenters. The number of carbonyl (C=O) groups is 2. The largest absolute Gasteiger partial charge is 0.364 e.